The molecule has 2 atom stereocenters. The minimum Gasteiger partial charge on any atom is -0.388 e. The average molecular weight is 243 g/mol. The Bertz CT molecular complexity index is 178. The molecule has 2 aliphatic rings. The van der Waals surface area contributed by atoms with Crippen molar-refractivity contribution in [2.45, 2.75) is 43.4 Å². The fourth-order valence-corrected chi connectivity index (χ4v) is 2.71. The maximum Gasteiger partial charge on any atom is 0.0799 e. The highest BCUT2D eigenvalue weighted by Crippen LogP contribution is 2.38. The molecule has 86 valence electrons. The number of piperidine rings is 1. The average Bonchev–Trinajstić information content (AvgIpc) is 2.32. The Morgan fingerprint density at radius 3 is 2.07 bits per heavy atom. The molecule has 0 saturated carbocycles. The van der Waals surface area contributed by atoms with Gasteiger partial charge in [-0.15, -0.1) is 24.8 Å². The van der Waals surface area contributed by atoms with Gasteiger partial charge < -0.3 is 15.7 Å². The Kier molecular flexibility index (Phi) is 5.16. The minimum atomic E-state index is -0.557. The first-order valence-electron chi connectivity index (χ1n) is 4.79. The first-order valence-corrected chi connectivity index (χ1v) is 4.79. The van der Waals surface area contributed by atoms with Crippen molar-refractivity contribution < 1.29 is 5.11 Å². The molecule has 5 heteroatoms. The topological polar surface area (TPSA) is 49.5 Å². The second-order valence-electron chi connectivity index (χ2n) is 4.39. The van der Waals surface area contributed by atoms with Crippen molar-refractivity contribution in [3.63, 3.8) is 0 Å². The number of hydrogen-bond donors (Lipinski definition) is 2. The molecule has 3 N–H and O–H groups in total. The maximum absolute atomic E-state index is 10.0. The zero-order valence-corrected chi connectivity index (χ0v) is 10.1. The summed E-state index contributed by atoms with van der Waals surface area (Å²) >= 11 is 0. The van der Waals surface area contributed by atoms with Crippen LogP contribution in [-0.4, -0.2) is 41.3 Å². The van der Waals surface area contributed by atoms with Gasteiger partial charge in [0, 0.05) is 18.6 Å². The number of halogens is 2. The SMILES string of the molecule is CN1C2CCC1CC(O)(CN)C2.Cl.Cl. The van der Waals surface area contributed by atoms with Gasteiger partial charge in [0.2, 0.25) is 0 Å². The van der Waals surface area contributed by atoms with E-state index in [1.54, 1.807) is 0 Å². The molecule has 0 aromatic heterocycles. The predicted molar refractivity (Wildman–Crippen MR) is 62.3 cm³/mol. The molecule has 0 aliphatic carbocycles. The summed E-state index contributed by atoms with van der Waals surface area (Å²) in [6, 6.07) is 1.16. The van der Waals surface area contributed by atoms with Crippen LogP contribution in [0.15, 0.2) is 0 Å². The van der Waals surface area contributed by atoms with Crippen molar-refractivity contribution in [1.29, 1.82) is 0 Å². The molecule has 2 fully saturated rings. The quantitative estimate of drug-likeness (QED) is 0.715. The highest BCUT2D eigenvalue weighted by molar-refractivity contribution is 5.85. The summed E-state index contributed by atoms with van der Waals surface area (Å²) in [5.74, 6) is 0. The van der Waals surface area contributed by atoms with E-state index in [0.717, 1.165) is 12.8 Å². The second-order valence-corrected chi connectivity index (χ2v) is 4.39. The third-order valence-corrected chi connectivity index (χ3v) is 3.60. The summed E-state index contributed by atoms with van der Waals surface area (Å²) < 4.78 is 0. The Morgan fingerprint density at radius 2 is 1.71 bits per heavy atom. The summed E-state index contributed by atoms with van der Waals surface area (Å²) in [6.45, 7) is 0.424. The third kappa shape index (κ3) is 2.34. The van der Waals surface area contributed by atoms with Crippen LogP contribution in [0, 0.1) is 0 Å². The summed E-state index contributed by atoms with van der Waals surface area (Å²) in [6.07, 6.45) is 4.22. The second kappa shape index (κ2) is 4.99. The van der Waals surface area contributed by atoms with Crippen LogP contribution in [0.25, 0.3) is 0 Å². The van der Waals surface area contributed by atoms with E-state index in [1.165, 1.54) is 12.8 Å². The van der Waals surface area contributed by atoms with E-state index in [2.05, 4.69) is 11.9 Å². The van der Waals surface area contributed by atoms with Crippen LogP contribution >= 0.6 is 24.8 Å². The predicted octanol–water partition coefficient (Wildman–Crippen LogP) is 0.776. The van der Waals surface area contributed by atoms with Crippen molar-refractivity contribution in [3.8, 4) is 0 Å². The molecular weight excluding hydrogens is 223 g/mol. The van der Waals surface area contributed by atoms with Crippen molar-refractivity contribution >= 4 is 24.8 Å². The number of nitrogens with two attached hydrogens (primary N) is 1. The molecule has 2 aliphatic heterocycles. The van der Waals surface area contributed by atoms with E-state index in [9.17, 15) is 5.11 Å². The number of nitrogens with zero attached hydrogens (tertiary/aromatic N) is 1. The largest absolute Gasteiger partial charge is 0.388 e. The van der Waals surface area contributed by atoms with Gasteiger partial charge in [0.1, 0.15) is 0 Å². The van der Waals surface area contributed by atoms with Crippen LogP contribution in [0.4, 0.5) is 0 Å². The lowest BCUT2D eigenvalue weighted by molar-refractivity contribution is -0.0370. The lowest BCUT2D eigenvalue weighted by atomic mass is 9.86. The van der Waals surface area contributed by atoms with Crippen LogP contribution in [0.1, 0.15) is 25.7 Å². The molecule has 0 spiro atoms. The molecule has 0 radical (unpaired) electrons. The number of fused-ring (bicyclic) bond motifs is 2. The van der Waals surface area contributed by atoms with Gasteiger partial charge in [0.25, 0.3) is 0 Å². The number of rotatable bonds is 1. The van der Waals surface area contributed by atoms with Gasteiger partial charge in [0.05, 0.1) is 5.60 Å². The molecule has 2 bridgehead atoms. The fourth-order valence-electron chi connectivity index (χ4n) is 2.71. The highest BCUT2D eigenvalue weighted by Gasteiger charge is 2.44. The Hall–Kier alpha value is 0.460. The van der Waals surface area contributed by atoms with Crippen molar-refractivity contribution in [3.05, 3.63) is 0 Å². The first-order chi connectivity index (χ1) is 5.64. The van der Waals surface area contributed by atoms with Gasteiger partial charge in [-0.3, -0.25) is 0 Å². The van der Waals surface area contributed by atoms with E-state index in [4.69, 9.17) is 5.73 Å². The van der Waals surface area contributed by atoms with E-state index in [0.29, 0.717) is 18.6 Å². The Morgan fingerprint density at radius 1 is 1.29 bits per heavy atom. The molecule has 0 amide bonds. The van der Waals surface area contributed by atoms with Gasteiger partial charge in [-0.05, 0) is 32.7 Å². The number of aliphatic hydroxyl groups is 1. The zero-order valence-electron chi connectivity index (χ0n) is 8.48. The zero-order chi connectivity index (χ0) is 8.77. The summed E-state index contributed by atoms with van der Waals surface area (Å²) in [5.41, 5.74) is 5.01. The smallest absolute Gasteiger partial charge is 0.0799 e. The lowest BCUT2D eigenvalue weighted by Crippen LogP contribution is -2.52. The van der Waals surface area contributed by atoms with Crippen molar-refractivity contribution in [2.75, 3.05) is 13.6 Å². The van der Waals surface area contributed by atoms with Crippen molar-refractivity contribution in [1.82, 2.24) is 4.90 Å². The maximum atomic E-state index is 10.0. The van der Waals surface area contributed by atoms with Gasteiger partial charge in [0.15, 0.2) is 0 Å². The monoisotopic (exact) mass is 242 g/mol. The fraction of sp³-hybridized carbons (Fsp3) is 1.00. The van der Waals surface area contributed by atoms with Crippen LogP contribution in [0.2, 0.25) is 0 Å². The molecule has 2 rings (SSSR count). The lowest BCUT2D eigenvalue weighted by Gasteiger charge is -2.41. The minimum absolute atomic E-state index is 0. The van der Waals surface area contributed by atoms with E-state index < -0.39 is 5.60 Å². The van der Waals surface area contributed by atoms with E-state index in [1.807, 2.05) is 0 Å². The molecule has 0 aromatic carbocycles. The molecule has 3 nitrogen and oxygen atoms in total. The summed E-state index contributed by atoms with van der Waals surface area (Å²) in [4.78, 5) is 2.41. The molecule has 2 saturated heterocycles. The number of hydrogen-bond acceptors (Lipinski definition) is 3. The van der Waals surface area contributed by atoms with Gasteiger partial charge in [-0.2, -0.15) is 0 Å². The van der Waals surface area contributed by atoms with Crippen molar-refractivity contribution in [2.24, 2.45) is 5.73 Å². The van der Waals surface area contributed by atoms with Crippen LogP contribution in [0.3, 0.4) is 0 Å². The standard InChI is InChI=1S/C9H18N2O.2ClH/c1-11-7-2-3-8(11)5-9(12,4-7)6-10;;/h7-8,12H,2-6,10H2,1H3;2*1H. The first kappa shape index (κ1) is 14.5. The van der Waals surface area contributed by atoms with Gasteiger partial charge in [-0.25, -0.2) is 0 Å². The van der Waals surface area contributed by atoms with Crippen LogP contribution < -0.4 is 5.73 Å². The third-order valence-electron chi connectivity index (χ3n) is 3.60. The van der Waals surface area contributed by atoms with E-state index >= 15 is 0 Å². The summed E-state index contributed by atoms with van der Waals surface area (Å²) in [5, 5.41) is 10.0. The van der Waals surface area contributed by atoms with Crippen LogP contribution in [-0.2, 0) is 0 Å². The summed E-state index contributed by atoms with van der Waals surface area (Å²) in [7, 11) is 2.17. The Balaban J connectivity index is 0.000000845. The molecular formula is C9H20Cl2N2O. The molecule has 14 heavy (non-hydrogen) atoms. The van der Waals surface area contributed by atoms with Gasteiger partial charge >= 0.3 is 0 Å². The van der Waals surface area contributed by atoms with Gasteiger partial charge in [-0.1, -0.05) is 0 Å². The molecule has 2 unspecified atom stereocenters. The highest BCUT2D eigenvalue weighted by atomic mass is 35.5. The normalized spacial score (nSPS) is 41.4. The molecule has 0 aromatic rings. The van der Waals surface area contributed by atoms with E-state index in [-0.39, 0.29) is 24.8 Å². The molecule has 2 heterocycles. The Labute approximate surface area is 97.8 Å². The van der Waals surface area contributed by atoms with Crippen LogP contribution in [0.5, 0.6) is 0 Å².